The maximum atomic E-state index is 8.98. The minimum Gasteiger partial charge on any atom is -0.374 e. The number of rotatable bonds is 3. The summed E-state index contributed by atoms with van der Waals surface area (Å²) in [6.45, 7) is 1.66. The summed E-state index contributed by atoms with van der Waals surface area (Å²) < 4.78 is 0. The van der Waals surface area contributed by atoms with Crippen LogP contribution < -0.4 is 16.6 Å². The molecule has 0 bridgehead atoms. The van der Waals surface area contributed by atoms with Crippen molar-refractivity contribution >= 4 is 11.4 Å². The Balaban J connectivity index is 2.65. The summed E-state index contributed by atoms with van der Waals surface area (Å²) in [6.07, 6.45) is -0.540. The maximum absolute atomic E-state index is 8.98. The second kappa shape index (κ2) is 3.94. The average molecular weight is 167 g/mol. The molecule has 1 atom stereocenters. The fourth-order valence-electron chi connectivity index (χ4n) is 0.904. The van der Waals surface area contributed by atoms with Crippen molar-refractivity contribution in [2.75, 3.05) is 10.7 Å². The first-order valence-corrected chi connectivity index (χ1v) is 3.73. The van der Waals surface area contributed by atoms with Gasteiger partial charge in [-0.2, -0.15) is 0 Å². The lowest BCUT2D eigenvalue weighted by molar-refractivity contribution is 0.224. The molecule has 1 aromatic carbocycles. The zero-order valence-electron chi connectivity index (χ0n) is 6.91. The largest absolute Gasteiger partial charge is 0.374 e. The van der Waals surface area contributed by atoms with Crippen LogP contribution in [0.3, 0.4) is 0 Å². The van der Waals surface area contributed by atoms with E-state index in [2.05, 4.69) is 10.7 Å². The second-order valence-corrected chi connectivity index (χ2v) is 2.54. The highest BCUT2D eigenvalue weighted by Crippen LogP contribution is 2.12. The van der Waals surface area contributed by atoms with Gasteiger partial charge in [0.25, 0.3) is 0 Å². The van der Waals surface area contributed by atoms with Crippen LogP contribution in [0.1, 0.15) is 6.92 Å². The van der Waals surface area contributed by atoms with Crippen LogP contribution in [-0.2, 0) is 0 Å². The van der Waals surface area contributed by atoms with Crippen LogP contribution in [0, 0.1) is 0 Å². The Labute approximate surface area is 71.4 Å². The standard InChI is InChI=1S/C8H13N3O/c1-6(12)10-7-2-4-8(11-9)5-3-7/h2-6,10-12H,9H2,1H3. The minimum atomic E-state index is -0.540. The highest BCUT2D eigenvalue weighted by molar-refractivity contribution is 5.53. The fraction of sp³-hybridized carbons (Fsp3) is 0.250. The summed E-state index contributed by atoms with van der Waals surface area (Å²) in [6, 6.07) is 7.32. The van der Waals surface area contributed by atoms with Crippen LogP contribution >= 0.6 is 0 Å². The van der Waals surface area contributed by atoms with E-state index < -0.39 is 6.23 Å². The zero-order chi connectivity index (χ0) is 8.97. The molecule has 66 valence electrons. The molecule has 0 aliphatic carbocycles. The molecule has 0 saturated heterocycles. The molecule has 4 nitrogen and oxygen atoms in total. The van der Waals surface area contributed by atoms with Crippen molar-refractivity contribution in [3.8, 4) is 0 Å². The Morgan fingerprint density at radius 2 is 1.75 bits per heavy atom. The third-order valence-corrected chi connectivity index (χ3v) is 1.43. The number of nitrogen functional groups attached to an aromatic ring is 1. The SMILES string of the molecule is CC(O)Nc1ccc(NN)cc1. The highest BCUT2D eigenvalue weighted by Gasteiger charge is 1.94. The van der Waals surface area contributed by atoms with E-state index in [4.69, 9.17) is 10.9 Å². The van der Waals surface area contributed by atoms with Crippen LogP contribution in [0.25, 0.3) is 0 Å². The van der Waals surface area contributed by atoms with Crippen molar-refractivity contribution < 1.29 is 5.11 Å². The van der Waals surface area contributed by atoms with Gasteiger partial charge in [0, 0.05) is 11.4 Å². The van der Waals surface area contributed by atoms with Gasteiger partial charge in [0.1, 0.15) is 6.23 Å². The van der Waals surface area contributed by atoms with Gasteiger partial charge >= 0.3 is 0 Å². The van der Waals surface area contributed by atoms with Gasteiger partial charge in [-0.05, 0) is 31.2 Å². The Bertz CT molecular complexity index is 233. The van der Waals surface area contributed by atoms with E-state index in [0.29, 0.717) is 0 Å². The molecular weight excluding hydrogens is 154 g/mol. The first-order chi connectivity index (χ1) is 5.72. The number of hydrazine groups is 1. The Hall–Kier alpha value is -1.26. The van der Waals surface area contributed by atoms with Crippen molar-refractivity contribution in [1.82, 2.24) is 0 Å². The molecule has 0 heterocycles. The van der Waals surface area contributed by atoms with Crippen molar-refractivity contribution in [2.24, 2.45) is 5.84 Å². The van der Waals surface area contributed by atoms with Gasteiger partial charge in [-0.1, -0.05) is 0 Å². The quantitative estimate of drug-likeness (QED) is 0.304. The van der Waals surface area contributed by atoms with Crippen molar-refractivity contribution in [3.05, 3.63) is 24.3 Å². The van der Waals surface area contributed by atoms with E-state index in [9.17, 15) is 0 Å². The summed E-state index contributed by atoms with van der Waals surface area (Å²) in [5, 5.41) is 11.8. The Kier molecular flexibility index (Phi) is 2.90. The number of nitrogens with two attached hydrogens (primary N) is 1. The molecule has 0 aromatic heterocycles. The average Bonchev–Trinajstić information content (AvgIpc) is 2.05. The lowest BCUT2D eigenvalue weighted by Crippen LogP contribution is -2.13. The molecule has 5 N–H and O–H groups in total. The molecule has 0 saturated carbocycles. The van der Waals surface area contributed by atoms with E-state index in [1.54, 1.807) is 6.92 Å². The van der Waals surface area contributed by atoms with E-state index in [1.165, 1.54) is 0 Å². The van der Waals surface area contributed by atoms with Crippen molar-refractivity contribution in [1.29, 1.82) is 0 Å². The molecule has 0 fully saturated rings. The van der Waals surface area contributed by atoms with Crippen LogP contribution in [0.5, 0.6) is 0 Å². The van der Waals surface area contributed by atoms with E-state index >= 15 is 0 Å². The van der Waals surface area contributed by atoms with Crippen molar-refractivity contribution in [3.63, 3.8) is 0 Å². The van der Waals surface area contributed by atoms with Gasteiger partial charge in [0.15, 0.2) is 0 Å². The number of aliphatic hydroxyl groups is 1. The number of hydrogen-bond donors (Lipinski definition) is 4. The van der Waals surface area contributed by atoms with Gasteiger partial charge in [-0.25, -0.2) is 0 Å². The predicted octanol–water partition coefficient (Wildman–Crippen LogP) is 0.722. The number of anilines is 2. The molecule has 0 aliphatic rings. The van der Waals surface area contributed by atoms with Gasteiger partial charge in [0.2, 0.25) is 0 Å². The normalized spacial score (nSPS) is 12.2. The van der Waals surface area contributed by atoms with E-state index in [0.717, 1.165) is 11.4 Å². The fourth-order valence-corrected chi connectivity index (χ4v) is 0.904. The number of benzene rings is 1. The lowest BCUT2D eigenvalue weighted by atomic mass is 10.3. The van der Waals surface area contributed by atoms with Crippen molar-refractivity contribution in [2.45, 2.75) is 13.2 Å². The lowest BCUT2D eigenvalue weighted by Gasteiger charge is -2.09. The molecule has 0 radical (unpaired) electrons. The van der Waals surface area contributed by atoms with Crippen LogP contribution in [-0.4, -0.2) is 11.3 Å². The van der Waals surface area contributed by atoms with E-state index in [-0.39, 0.29) is 0 Å². The monoisotopic (exact) mass is 167 g/mol. The topological polar surface area (TPSA) is 70.3 Å². The molecule has 4 heteroatoms. The van der Waals surface area contributed by atoms with Gasteiger partial charge < -0.3 is 15.8 Å². The Morgan fingerprint density at radius 3 is 2.17 bits per heavy atom. The maximum Gasteiger partial charge on any atom is 0.121 e. The first kappa shape index (κ1) is 8.83. The molecule has 1 rings (SSSR count). The summed E-state index contributed by atoms with van der Waals surface area (Å²) in [5.74, 6) is 5.18. The molecular formula is C8H13N3O. The first-order valence-electron chi connectivity index (χ1n) is 3.73. The summed E-state index contributed by atoms with van der Waals surface area (Å²) in [7, 11) is 0. The molecule has 0 amide bonds. The smallest absolute Gasteiger partial charge is 0.121 e. The van der Waals surface area contributed by atoms with Gasteiger partial charge in [-0.3, -0.25) is 5.84 Å². The number of hydrogen-bond acceptors (Lipinski definition) is 4. The molecule has 1 unspecified atom stereocenters. The number of nitrogens with one attached hydrogen (secondary N) is 2. The number of aliphatic hydroxyl groups excluding tert-OH is 1. The third-order valence-electron chi connectivity index (χ3n) is 1.43. The molecule has 0 aliphatic heterocycles. The Morgan fingerprint density at radius 1 is 1.25 bits per heavy atom. The van der Waals surface area contributed by atoms with Crippen LogP contribution in [0.15, 0.2) is 24.3 Å². The summed E-state index contributed by atoms with van der Waals surface area (Å²) >= 11 is 0. The van der Waals surface area contributed by atoms with E-state index in [1.807, 2.05) is 24.3 Å². The predicted molar refractivity (Wildman–Crippen MR) is 49.6 cm³/mol. The summed E-state index contributed by atoms with van der Waals surface area (Å²) in [5.41, 5.74) is 4.22. The zero-order valence-corrected chi connectivity index (χ0v) is 6.91. The highest BCUT2D eigenvalue weighted by atomic mass is 16.3. The van der Waals surface area contributed by atoms with Crippen LogP contribution in [0.2, 0.25) is 0 Å². The van der Waals surface area contributed by atoms with Gasteiger partial charge in [-0.15, -0.1) is 0 Å². The van der Waals surface area contributed by atoms with Gasteiger partial charge in [0.05, 0.1) is 0 Å². The molecule has 1 aromatic rings. The third kappa shape index (κ3) is 2.41. The molecule has 0 spiro atoms. The summed E-state index contributed by atoms with van der Waals surface area (Å²) in [4.78, 5) is 0. The van der Waals surface area contributed by atoms with Crippen LogP contribution in [0.4, 0.5) is 11.4 Å². The minimum absolute atomic E-state index is 0.540. The second-order valence-electron chi connectivity index (χ2n) is 2.54. The molecule has 12 heavy (non-hydrogen) atoms.